The number of aryl methyl sites for hydroxylation is 1. The van der Waals surface area contributed by atoms with Crippen LogP contribution in [0.2, 0.25) is 0 Å². The minimum absolute atomic E-state index is 0.00146. The molecule has 178 valence electrons. The van der Waals surface area contributed by atoms with E-state index in [4.69, 9.17) is 0 Å². The Kier molecular flexibility index (Phi) is 5.17. The largest absolute Gasteiger partial charge is 0.477 e. The molecular weight excluding hydrogens is 483 g/mol. The number of fused-ring (bicyclic) bond motifs is 2. The highest BCUT2D eigenvalue weighted by molar-refractivity contribution is 7.09. The molecule has 0 aliphatic rings. The van der Waals surface area contributed by atoms with Crippen LogP contribution in [0.1, 0.15) is 27.2 Å². The molecule has 0 atom stereocenters. The van der Waals surface area contributed by atoms with Gasteiger partial charge in [0.25, 0.3) is 5.56 Å². The number of thiophene rings is 1. The van der Waals surface area contributed by atoms with Gasteiger partial charge in [-0.2, -0.15) is 13.2 Å². The van der Waals surface area contributed by atoms with Crippen molar-refractivity contribution in [2.45, 2.75) is 19.6 Å². The van der Waals surface area contributed by atoms with Crippen molar-refractivity contribution >= 4 is 39.1 Å². The molecule has 0 spiro atoms. The number of H-pyrrole nitrogens is 1. The zero-order chi connectivity index (χ0) is 25.1. The first-order valence-corrected chi connectivity index (χ1v) is 11.2. The number of hydrogen-bond donors (Lipinski definition) is 2. The van der Waals surface area contributed by atoms with Crippen molar-refractivity contribution in [1.29, 1.82) is 0 Å². The minimum Gasteiger partial charge on any atom is -0.477 e. The van der Waals surface area contributed by atoms with Gasteiger partial charge in [0.1, 0.15) is 0 Å². The Morgan fingerprint density at radius 2 is 1.86 bits per heavy atom. The molecule has 0 aliphatic carbocycles. The number of halogens is 3. The second-order valence-electron chi connectivity index (χ2n) is 8.08. The molecule has 0 unspecified atom stereocenters. The van der Waals surface area contributed by atoms with E-state index in [0.29, 0.717) is 10.1 Å². The van der Waals surface area contributed by atoms with Crippen LogP contribution in [0.3, 0.4) is 0 Å². The Labute approximate surface area is 198 Å². The summed E-state index contributed by atoms with van der Waals surface area (Å²) < 4.78 is 42.6. The number of rotatable bonds is 4. The van der Waals surface area contributed by atoms with Gasteiger partial charge in [-0.3, -0.25) is 4.79 Å². The monoisotopic (exact) mass is 499 g/mol. The van der Waals surface area contributed by atoms with Crippen LogP contribution in [0.4, 0.5) is 13.2 Å². The van der Waals surface area contributed by atoms with Gasteiger partial charge >= 0.3 is 17.8 Å². The Balaban J connectivity index is 1.93. The molecule has 0 fully saturated rings. The summed E-state index contributed by atoms with van der Waals surface area (Å²) >= 11 is 1.15. The molecule has 3 aromatic heterocycles. The van der Waals surface area contributed by atoms with Crippen LogP contribution in [0, 0.1) is 6.92 Å². The van der Waals surface area contributed by atoms with Gasteiger partial charge in [0.05, 0.1) is 27.7 Å². The maximum atomic E-state index is 13.6. The number of nitrogens with zero attached hydrogens (tertiary/aromatic N) is 2. The minimum atomic E-state index is -4.72. The van der Waals surface area contributed by atoms with Gasteiger partial charge in [0.2, 0.25) is 0 Å². The van der Waals surface area contributed by atoms with E-state index < -0.39 is 40.3 Å². The maximum Gasteiger partial charge on any atom is 0.416 e. The number of carbonyl (C=O) groups is 1. The van der Waals surface area contributed by atoms with Crippen molar-refractivity contribution in [3.8, 4) is 5.69 Å². The van der Waals surface area contributed by atoms with Crippen LogP contribution in [0.25, 0.3) is 27.5 Å². The van der Waals surface area contributed by atoms with Crippen LogP contribution in [0.5, 0.6) is 0 Å². The molecule has 0 saturated carbocycles. The predicted molar refractivity (Wildman–Crippen MR) is 126 cm³/mol. The summed E-state index contributed by atoms with van der Waals surface area (Å²) in [5.41, 5.74) is -1.67. The normalized spacial score (nSPS) is 12.0. The number of aromatic amines is 1. The number of aromatic nitrogens is 3. The number of benzene rings is 2. The van der Waals surface area contributed by atoms with E-state index in [9.17, 15) is 32.7 Å². The van der Waals surface area contributed by atoms with Gasteiger partial charge in [-0.15, -0.1) is 11.3 Å². The van der Waals surface area contributed by atoms with Gasteiger partial charge in [-0.05, 0) is 30.7 Å². The summed E-state index contributed by atoms with van der Waals surface area (Å²) in [5, 5.41) is 13.1. The molecule has 35 heavy (non-hydrogen) atoms. The average Bonchev–Trinajstić information content (AvgIpc) is 3.36. The van der Waals surface area contributed by atoms with Crippen molar-refractivity contribution in [3.05, 3.63) is 96.4 Å². The zero-order valence-electron chi connectivity index (χ0n) is 18.0. The molecular formula is C24H16F3N3O4S. The highest BCUT2D eigenvalue weighted by Crippen LogP contribution is 2.36. The van der Waals surface area contributed by atoms with Crippen LogP contribution in [-0.4, -0.2) is 25.2 Å². The number of carboxylic acids is 1. The summed E-state index contributed by atoms with van der Waals surface area (Å²) in [6.45, 7) is 1.85. The lowest BCUT2D eigenvalue weighted by Crippen LogP contribution is -2.34. The SMILES string of the molecule is Cc1cccc(Cn2c(C(=O)O)c(-n3c(=O)[nH]c4cscc4c3=O)c3cc(C(F)(F)F)ccc32)c1. The second-order valence-corrected chi connectivity index (χ2v) is 8.82. The Hall–Kier alpha value is -4.12. The number of aromatic carboxylic acids is 1. The number of hydrogen-bond acceptors (Lipinski definition) is 4. The van der Waals surface area contributed by atoms with Crippen LogP contribution < -0.4 is 11.2 Å². The number of carboxylic acid groups (broad SMARTS) is 1. The smallest absolute Gasteiger partial charge is 0.416 e. The van der Waals surface area contributed by atoms with Crippen molar-refractivity contribution in [1.82, 2.24) is 14.1 Å². The van der Waals surface area contributed by atoms with E-state index in [0.717, 1.165) is 35.1 Å². The first kappa shape index (κ1) is 22.7. The molecule has 2 aromatic carbocycles. The second kappa shape index (κ2) is 7.98. The molecule has 5 rings (SSSR count). The molecule has 0 aliphatic heterocycles. The molecule has 11 heteroatoms. The summed E-state index contributed by atoms with van der Waals surface area (Å²) in [4.78, 5) is 41.2. The molecule has 2 N–H and O–H groups in total. The van der Waals surface area contributed by atoms with Crippen molar-refractivity contribution < 1.29 is 23.1 Å². The topological polar surface area (TPSA) is 97.1 Å². The molecule has 5 aromatic rings. The molecule has 0 saturated heterocycles. The maximum absolute atomic E-state index is 13.6. The zero-order valence-corrected chi connectivity index (χ0v) is 18.8. The standard InChI is InChI=1S/C24H16F3N3O4S/c1-12-3-2-4-13(7-12)9-29-18-6-5-14(24(25,26)27)8-15(18)19(20(29)22(32)33)30-21(31)16-10-35-11-17(16)28-23(30)34/h2-8,10-11H,9H2,1H3,(H,28,34)(H,32,33). The van der Waals surface area contributed by atoms with E-state index >= 15 is 0 Å². The predicted octanol–water partition coefficient (Wildman–Crippen LogP) is 4.77. The van der Waals surface area contributed by atoms with Crippen molar-refractivity contribution in [2.75, 3.05) is 0 Å². The van der Waals surface area contributed by atoms with Crippen LogP contribution >= 0.6 is 11.3 Å². The Morgan fingerprint density at radius 3 is 2.54 bits per heavy atom. The Morgan fingerprint density at radius 1 is 1.09 bits per heavy atom. The van der Waals surface area contributed by atoms with E-state index in [1.54, 1.807) is 17.5 Å². The van der Waals surface area contributed by atoms with E-state index in [2.05, 4.69) is 4.98 Å². The average molecular weight is 499 g/mol. The lowest BCUT2D eigenvalue weighted by Gasteiger charge is -2.11. The fraction of sp³-hybridized carbons (Fsp3) is 0.125. The molecule has 7 nitrogen and oxygen atoms in total. The molecule has 0 amide bonds. The van der Waals surface area contributed by atoms with Crippen LogP contribution in [-0.2, 0) is 12.7 Å². The Bertz CT molecular complexity index is 1760. The van der Waals surface area contributed by atoms with E-state index in [-0.39, 0.29) is 28.4 Å². The quantitative estimate of drug-likeness (QED) is 0.372. The van der Waals surface area contributed by atoms with Crippen LogP contribution in [0.15, 0.2) is 62.8 Å². The van der Waals surface area contributed by atoms with Gasteiger partial charge in [0, 0.05) is 22.7 Å². The summed E-state index contributed by atoms with van der Waals surface area (Å²) in [7, 11) is 0. The molecule has 0 bridgehead atoms. The fourth-order valence-corrected chi connectivity index (χ4v) is 5.01. The van der Waals surface area contributed by atoms with Gasteiger partial charge < -0.3 is 14.7 Å². The molecule has 3 heterocycles. The molecule has 0 radical (unpaired) electrons. The van der Waals surface area contributed by atoms with Gasteiger partial charge in [-0.1, -0.05) is 29.8 Å². The fourth-order valence-electron chi connectivity index (χ4n) is 4.26. The summed E-state index contributed by atoms with van der Waals surface area (Å²) in [6, 6.07) is 9.98. The van der Waals surface area contributed by atoms with Gasteiger partial charge in [-0.25, -0.2) is 14.2 Å². The first-order valence-electron chi connectivity index (χ1n) is 10.3. The van der Waals surface area contributed by atoms with E-state index in [1.807, 2.05) is 19.1 Å². The lowest BCUT2D eigenvalue weighted by atomic mass is 10.1. The third-order valence-corrected chi connectivity index (χ3v) is 6.50. The third-order valence-electron chi connectivity index (χ3n) is 5.75. The number of nitrogens with one attached hydrogen (secondary N) is 1. The summed E-state index contributed by atoms with van der Waals surface area (Å²) in [5.74, 6) is -1.49. The first-order chi connectivity index (χ1) is 16.6. The highest BCUT2D eigenvalue weighted by Gasteiger charge is 2.33. The third kappa shape index (κ3) is 3.73. The van der Waals surface area contributed by atoms with Crippen molar-refractivity contribution in [2.24, 2.45) is 0 Å². The summed E-state index contributed by atoms with van der Waals surface area (Å²) in [6.07, 6.45) is -4.72. The lowest BCUT2D eigenvalue weighted by molar-refractivity contribution is -0.137. The van der Waals surface area contributed by atoms with E-state index in [1.165, 1.54) is 9.95 Å². The van der Waals surface area contributed by atoms with Gasteiger partial charge in [0.15, 0.2) is 5.69 Å². The van der Waals surface area contributed by atoms with Crippen molar-refractivity contribution in [3.63, 3.8) is 0 Å². The number of alkyl halides is 3. The highest BCUT2D eigenvalue weighted by atomic mass is 32.1.